The molecule has 1 aliphatic heterocycles. The number of furan rings is 1. The average Bonchev–Trinajstić information content (AvgIpc) is 3.36. The van der Waals surface area contributed by atoms with Gasteiger partial charge in [-0.15, -0.1) is 10.2 Å². The Labute approximate surface area is 160 Å². The molecular formula is C19H19FN4O2S. The van der Waals surface area contributed by atoms with Crippen LogP contribution in [0.1, 0.15) is 34.0 Å². The van der Waals surface area contributed by atoms with Gasteiger partial charge in [0.15, 0.2) is 5.76 Å². The Balaban J connectivity index is 1.29. The predicted octanol–water partition coefficient (Wildman–Crippen LogP) is 3.58. The van der Waals surface area contributed by atoms with Gasteiger partial charge in [-0.25, -0.2) is 4.39 Å². The maximum absolute atomic E-state index is 13.0. The minimum atomic E-state index is -0.241. The number of nitrogens with one attached hydrogen (secondary N) is 1. The van der Waals surface area contributed by atoms with Crippen molar-refractivity contribution in [2.75, 3.05) is 18.4 Å². The monoisotopic (exact) mass is 386 g/mol. The van der Waals surface area contributed by atoms with Crippen LogP contribution in [-0.4, -0.2) is 40.1 Å². The summed E-state index contributed by atoms with van der Waals surface area (Å²) in [6, 6.07) is 10.1. The second kappa shape index (κ2) is 7.87. The largest absolute Gasteiger partial charge is 0.459 e. The van der Waals surface area contributed by atoms with E-state index in [4.69, 9.17) is 4.42 Å². The maximum atomic E-state index is 13.0. The maximum Gasteiger partial charge on any atom is 0.289 e. The Kier molecular flexibility index (Phi) is 5.15. The molecule has 3 heterocycles. The normalized spacial score (nSPS) is 15.1. The molecule has 2 aromatic heterocycles. The highest BCUT2D eigenvalue weighted by atomic mass is 32.1. The number of piperidine rings is 1. The molecule has 1 N–H and O–H groups in total. The number of anilines is 1. The SMILES string of the molecule is O=C(c1ccco1)N1CCC(Nc2nnc(Cc3ccc(F)cc3)s2)CC1. The van der Waals surface area contributed by atoms with Crippen LogP contribution in [-0.2, 0) is 6.42 Å². The van der Waals surface area contributed by atoms with E-state index in [0.29, 0.717) is 25.3 Å². The van der Waals surface area contributed by atoms with Crippen molar-refractivity contribution in [2.24, 2.45) is 0 Å². The first kappa shape index (κ1) is 17.7. The van der Waals surface area contributed by atoms with E-state index >= 15 is 0 Å². The fourth-order valence-electron chi connectivity index (χ4n) is 3.12. The van der Waals surface area contributed by atoms with E-state index in [1.54, 1.807) is 24.3 Å². The molecule has 3 aromatic rings. The van der Waals surface area contributed by atoms with Gasteiger partial charge < -0.3 is 14.6 Å². The molecule has 0 spiro atoms. The van der Waals surface area contributed by atoms with Gasteiger partial charge >= 0.3 is 0 Å². The molecule has 0 atom stereocenters. The Hall–Kier alpha value is -2.74. The van der Waals surface area contributed by atoms with Gasteiger partial charge in [-0.3, -0.25) is 4.79 Å². The number of carbonyl (C=O) groups excluding carboxylic acids is 1. The lowest BCUT2D eigenvalue weighted by Crippen LogP contribution is -2.42. The topological polar surface area (TPSA) is 71.3 Å². The van der Waals surface area contributed by atoms with Crippen molar-refractivity contribution in [3.05, 3.63) is 64.8 Å². The zero-order valence-corrected chi connectivity index (χ0v) is 15.4. The van der Waals surface area contributed by atoms with Crippen molar-refractivity contribution in [1.82, 2.24) is 15.1 Å². The zero-order chi connectivity index (χ0) is 18.6. The van der Waals surface area contributed by atoms with Crippen molar-refractivity contribution in [3.63, 3.8) is 0 Å². The van der Waals surface area contributed by atoms with E-state index in [-0.39, 0.29) is 17.8 Å². The number of hydrogen-bond donors (Lipinski definition) is 1. The van der Waals surface area contributed by atoms with E-state index in [0.717, 1.165) is 28.5 Å². The second-order valence-corrected chi connectivity index (χ2v) is 7.55. The van der Waals surface area contributed by atoms with Gasteiger partial charge in [-0.2, -0.15) is 0 Å². The van der Waals surface area contributed by atoms with Crippen LogP contribution in [0.5, 0.6) is 0 Å². The summed E-state index contributed by atoms with van der Waals surface area (Å²) in [5.74, 6) is 0.0853. The number of rotatable bonds is 5. The van der Waals surface area contributed by atoms with Gasteiger partial charge in [-0.1, -0.05) is 23.5 Å². The second-order valence-electron chi connectivity index (χ2n) is 6.49. The number of carbonyl (C=O) groups is 1. The Morgan fingerprint density at radius 1 is 1.22 bits per heavy atom. The molecule has 6 nitrogen and oxygen atoms in total. The Bertz CT molecular complexity index is 887. The van der Waals surface area contributed by atoms with Crippen molar-refractivity contribution in [1.29, 1.82) is 0 Å². The highest BCUT2D eigenvalue weighted by Crippen LogP contribution is 2.23. The van der Waals surface area contributed by atoms with E-state index in [9.17, 15) is 9.18 Å². The Morgan fingerprint density at radius 3 is 2.70 bits per heavy atom. The summed E-state index contributed by atoms with van der Waals surface area (Å²) in [5, 5.41) is 13.5. The fraction of sp³-hybridized carbons (Fsp3) is 0.316. The molecule has 0 unspecified atom stereocenters. The lowest BCUT2D eigenvalue weighted by Gasteiger charge is -2.31. The molecule has 0 saturated carbocycles. The van der Waals surface area contributed by atoms with Crippen molar-refractivity contribution in [2.45, 2.75) is 25.3 Å². The molecular weight excluding hydrogens is 367 g/mol. The molecule has 1 saturated heterocycles. The van der Waals surface area contributed by atoms with E-state index < -0.39 is 0 Å². The number of benzene rings is 1. The van der Waals surface area contributed by atoms with Gasteiger partial charge in [0.2, 0.25) is 5.13 Å². The van der Waals surface area contributed by atoms with E-state index in [1.807, 2.05) is 4.90 Å². The molecule has 0 bridgehead atoms. The lowest BCUT2D eigenvalue weighted by molar-refractivity contribution is 0.0686. The molecule has 140 valence electrons. The van der Waals surface area contributed by atoms with Crippen LogP contribution in [0.4, 0.5) is 9.52 Å². The van der Waals surface area contributed by atoms with Gasteiger partial charge in [0.25, 0.3) is 5.91 Å². The summed E-state index contributed by atoms with van der Waals surface area (Å²) in [6.07, 6.45) is 3.84. The third-order valence-corrected chi connectivity index (χ3v) is 5.43. The highest BCUT2D eigenvalue weighted by Gasteiger charge is 2.25. The van der Waals surface area contributed by atoms with Gasteiger partial charge in [0.05, 0.1) is 6.26 Å². The smallest absolute Gasteiger partial charge is 0.289 e. The molecule has 27 heavy (non-hydrogen) atoms. The number of hydrogen-bond acceptors (Lipinski definition) is 6. The molecule has 1 aliphatic rings. The third-order valence-electron chi connectivity index (χ3n) is 4.58. The van der Waals surface area contributed by atoms with Crippen LogP contribution in [0.3, 0.4) is 0 Å². The fourth-order valence-corrected chi connectivity index (χ4v) is 3.97. The van der Waals surface area contributed by atoms with E-state index in [1.165, 1.54) is 29.7 Å². The molecule has 8 heteroatoms. The molecule has 1 fully saturated rings. The molecule has 1 aromatic carbocycles. The quantitative estimate of drug-likeness (QED) is 0.726. The third kappa shape index (κ3) is 4.33. The molecule has 4 rings (SSSR count). The van der Waals surface area contributed by atoms with Crippen molar-refractivity contribution >= 4 is 22.4 Å². The summed E-state index contributed by atoms with van der Waals surface area (Å²) in [6.45, 7) is 1.36. The van der Waals surface area contributed by atoms with Crippen LogP contribution >= 0.6 is 11.3 Å². The zero-order valence-electron chi connectivity index (χ0n) is 14.6. The van der Waals surface area contributed by atoms with Gasteiger partial charge in [0.1, 0.15) is 10.8 Å². The minimum absolute atomic E-state index is 0.0593. The number of amides is 1. The predicted molar refractivity (Wildman–Crippen MR) is 100 cm³/mol. The van der Waals surface area contributed by atoms with Crippen LogP contribution in [0.25, 0.3) is 0 Å². The number of likely N-dealkylation sites (tertiary alicyclic amines) is 1. The van der Waals surface area contributed by atoms with Crippen molar-refractivity contribution < 1.29 is 13.6 Å². The lowest BCUT2D eigenvalue weighted by atomic mass is 10.1. The summed E-state index contributed by atoms with van der Waals surface area (Å²) >= 11 is 1.51. The summed E-state index contributed by atoms with van der Waals surface area (Å²) in [4.78, 5) is 14.1. The highest BCUT2D eigenvalue weighted by molar-refractivity contribution is 7.15. The number of aromatic nitrogens is 2. The molecule has 1 amide bonds. The summed E-state index contributed by atoms with van der Waals surface area (Å²) in [7, 11) is 0. The first-order valence-electron chi connectivity index (χ1n) is 8.83. The summed E-state index contributed by atoms with van der Waals surface area (Å²) in [5.41, 5.74) is 1.00. The molecule has 0 aliphatic carbocycles. The van der Waals surface area contributed by atoms with Crippen LogP contribution < -0.4 is 5.32 Å². The first-order chi connectivity index (χ1) is 13.2. The van der Waals surface area contributed by atoms with Crippen LogP contribution in [0.15, 0.2) is 47.1 Å². The Morgan fingerprint density at radius 2 is 2.00 bits per heavy atom. The number of halogens is 1. The number of nitrogens with zero attached hydrogens (tertiary/aromatic N) is 3. The standard InChI is InChI=1S/C19H19FN4O2S/c20-14-5-3-13(4-6-14)12-17-22-23-19(27-17)21-15-7-9-24(10-8-15)18(25)16-2-1-11-26-16/h1-6,11,15H,7-10,12H2,(H,21,23). The van der Waals surface area contributed by atoms with Crippen LogP contribution in [0.2, 0.25) is 0 Å². The van der Waals surface area contributed by atoms with Crippen molar-refractivity contribution in [3.8, 4) is 0 Å². The first-order valence-corrected chi connectivity index (χ1v) is 9.65. The van der Waals surface area contributed by atoms with Crippen LogP contribution in [0, 0.1) is 5.82 Å². The van der Waals surface area contributed by atoms with Gasteiger partial charge in [-0.05, 0) is 42.7 Å². The molecule has 0 radical (unpaired) electrons. The minimum Gasteiger partial charge on any atom is -0.459 e. The van der Waals surface area contributed by atoms with Gasteiger partial charge in [0, 0.05) is 25.6 Å². The average molecular weight is 386 g/mol. The van der Waals surface area contributed by atoms with E-state index in [2.05, 4.69) is 15.5 Å². The summed E-state index contributed by atoms with van der Waals surface area (Å²) < 4.78 is 18.2.